The van der Waals surface area contributed by atoms with Crippen molar-refractivity contribution < 1.29 is 13.9 Å². The summed E-state index contributed by atoms with van der Waals surface area (Å²) in [4.78, 5) is 19.0. The summed E-state index contributed by atoms with van der Waals surface area (Å²) in [6.45, 7) is 3.43. The van der Waals surface area contributed by atoms with Crippen molar-refractivity contribution in [1.29, 1.82) is 0 Å². The standard InChI is InChI=1S/C17H16N2O3/c1-9-2-3-15-12(18-9)6-16(22-15)17(20)19-7-10-11(8-19)14-5-4-13(10)21-14/h2-6,10-11,13-14H,7-8H2,1H3. The van der Waals surface area contributed by atoms with E-state index in [1.807, 2.05) is 24.0 Å². The van der Waals surface area contributed by atoms with Crippen molar-refractivity contribution in [2.45, 2.75) is 19.1 Å². The van der Waals surface area contributed by atoms with Crippen LogP contribution in [-0.4, -0.2) is 41.1 Å². The van der Waals surface area contributed by atoms with Crippen molar-refractivity contribution in [3.8, 4) is 0 Å². The summed E-state index contributed by atoms with van der Waals surface area (Å²) >= 11 is 0. The normalized spacial score (nSPS) is 32.1. The third kappa shape index (κ3) is 1.63. The molecule has 3 aliphatic heterocycles. The highest BCUT2D eigenvalue weighted by Gasteiger charge is 2.51. The van der Waals surface area contributed by atoms with Gasteiger partial charge in [-0.3, -0.25) is 4.79 Å². The maximum atomic E-state index is 12.7. The predicted molar refractivity (Wildman–Crippen MR) is 79.4 cm³/mol. The fourth-order valence-corrected chi connectivity index (χ4v) is 3.98. The highest BCUT2D eigenvalue weighted by Crippen LogP contribution is 2.43. The first-order valence-electron chi connectivity index (χ1n) is 7.69. The topological polar surface area (TPSA) is 55.6 Å². The van der Waals surface area contributed by atoms with E-state index in [2.05, 4.69) is 17.1 Å². The van der Waals surface area contributed by atoms with Gasteiger partial charge in [-0.05, 0) is 19.1 Å². The van der Waals surface area contributed by atoms with E-state index in [4.69, 9.17) is 9.15 Å². The fraction of sp³-hybridized carbons (Fsp3) is 0.412. The lowest BCUT2D eigenvalue weighted by molar-refractivity contribution is 0.0634. The molecule has 5 rings (SSSR count). The van der Waals surface area contributed by atoms with Crippen LogP contribution in [0, 0.1) is 18.8 Å². The quantitative estimate of drug-likeness (QED) is 0.757. The van der Waals surface area contributed by atoms with Crippen LogP contribution in [-0.2, 0) is 4.74 Å². The van der Waals surface area contributed by atoms with Crippen LogP contribution in [0.3, 0.4) is 0 Å². The largest absolute Gasteiger partial charge is 0.449 e. The molecule has 4 unspecified atom stereocenters. The number of aryl methyl sites for hydroxylation is 1. The molecule has 3 aliphatic rings. The van der Waals surface area contributed by atoms with Crippen LogP contribution in [0.15, 0.2) is 34.8 Å². The summed E-state index contributed by atoms with van der Waals surface area (Å²) in [5.74, 6) is 1.21. The molecule has 1 amide bonds. The minimum absolute atomic E-state index is 0.0375. The van der Waals surface area contributed by atoms with Crippen LogP contribution in [0.2, 0.25) is 0 Å². The van der Waals surface area contributed by atoms with Gasteiger partial charge in [-0.15, -0.1) is 0 Å². The van der Waals surface area contributed by atoms with Crippen molar-refractivity contribution in [1.82, 2.24) is 9.88 Å². The number of amides is 1. The molecule has 5 heteroatoms. The molecule has 2 aromatic rings. The van der Waals surface area contributed by atoms with Crippen molar-refractivity contribution >= 4 is 17.0 Å². The minimum Gasteiger partial charge on any atom is -0.449 e. The van der Waals surface area contributed by atoms with E-state index in [1.165, 1.54) is 0 Å². The number of fused-ring (bicyclic) bond motifs is 6. The Hall–Kier alpha value is -2.14. The minimum atomic E-state index is -0.0375. The molecule has 0 saturated carbocycles. The number of pyridine rings is 1. The zero-order valence-corrected chi connectivity index (χ0v) is 12.2. The molecule has 2 fully saturated rings. The second-order valence-electron chi connectivity index (χ2n) is 6.43. The summed E-state index contributed by atoms with van der Waals surface area (Å²) in [5, 5.41) is 0. The molecule has 0 aliphatic carbocycles. The van der Waals surface area contributed by atoms with Crippen LogP contribution < -0.4 is 0 Å². The van der Waals surface area contributed by atoms with Crippen molar-refractivity contribution in [2.75, 3.05) is 13.1 Å². The van der Waals surface area contributed by atoms with E-state index >= 15 is 0 Å². The molecule has 22 heavy (non-hydrogen) atoms. The van der Waals surface area contributed by atoms with Gasteiger partial charge in [0.05, 0.1) is 12.2 Å². The Morgan fingerprint density at radius 1 is 1.23 bits per heavy atom. The number of carbonyl (C=O) groups is 1. The summed E-state index contributed by atoms with van der Waals surface area (Å²) in [6, 6.07) is 5.51. The van der Waals surface area contributed by atoms with Crippen molar-refractivity contribution in [2.24, 2.45) is 11.8 Å². The summed E-state index contributed by atoms with van der Waals surface area (Å²) in [5.41, 5.74) is 2.33. The molecular formula is C17H16N2O3. The number of hydrogen-bond donors (Lipinski definition) is 0. The Morgan fingerprint density at radius 2 is 1.95 bits per heavy atom. The van der Waals surface area contributed by atoms with Gasteiger partial charge < -0.3 is 14.1 Å². The number of likely N-dealkylation sites (tertiary alicyclic amines) is 1. The van der Waals surface area contributed by atoms with Gasteiger partial charge in [0.1, 0.15) is 5.52 Å². The first kappa shape index (κ1) is 12.4. The second kappa shape index (κ2) is 4.20. The van der Waals surface area contributed by atoms with E-state index in [0.29, 0.717) is 23.2 Å². The van der Waals surface area contributed by atoms with Gasteiger partial charge in [0.15, 0.2) is 11.3 Å². The van der Waals surface area contributed by atoms with Gasteiger partial charge in [0.25, 0.3) is 5.91 Å². The zero-order chi connectivity index (χ0) is 14.8. The van der Waals surface area contributed by atoms with E-state index < -0.39 is 0 Å². The summed E-state index contributed by atoms with van der Waals surface area (Å²) in [7, 11) is 0. The molecule has 0 N–H and O–H groups in total. The average molecular weight is 296 g/mol. The van der Waals surface area contributed by atoms with Gasteiger partial charge in [0, 0.05) is 36.7 Å². The van der Waals surface area contributed by atoms with E-state index in [1.54, 1.807) is 6.07 Å². The van der Waals surface area contributed by atoms with E-state index in [0.717, 1.165) is 24.3 Å². The molecule has 0 radical (unpaired) electrons. The van der Waals surface area contributed by atoms with E-state index in [9.17, 15) is 4.79 Å². The maximum absolute atomic E-state index is 12.7. The number of nitrogens with zero attached hydrogens (tertiary/aromatic N) is 2. The average Bonchev–Trinajstić information content (AvgIpc) is 3.25. The van der Waals surface area contributed by atoms with Crippen LogP contribution >= 0.6 is 0 Å². The van der Waals surface area contributed by atoms with Crippen LogP contribution in [0.25, 0.3) is 11.1 Å². The molecule has 2 aromatic heterocycles. The molecule has 5 nitrogen and oxygen atoms in total. The third-order valence-electron chi connectivity index (χ3n) is 5.07. The molecular weight excluding hydrogens is 280 g/mol. The van der Waals surface area contributed by atoms with Gasteiger partial charge in [0.2, 0.25) is 0 Å². The Bertz CT molecular complexity index is 789. The molecule has 0 aromatic carbocycles. The van der Waals surface area contributed by atoms with Crippen molar-refractivity contribution in [3.05, 3.63) is 41.8 Å². The number of rotatable bonds is 1. The molecule has 2 bridgehead atoms. The molecule has 2 saturated heterocycles. The van der Waals surface area contributed by atoms with Gasteiger partial charge in [-0.1, -0.05) is 12.2 Å². The molecule has 112 valence electrons. The zero-order valence-electron chi connectivity index (χ0n) is 12.2. The Kier molecular flexibility index (Phi) is 2.37. The lowest BCUT2D eigenvalue weighted by Crippen LogP contribution is -2.31. The summed E-state index contributed by atoms with van der Waals surface area (Å²) < 4.78 is 11.5. The maximum Gasteiger partial charge on any atom is 0.289 e. The van der Waals surface area contributed by atoms with Crippen LogP contribution in [0.1, 0.15) is 16.2 Å². The Balaban J connectivity index is 1.42. The lowest BCUT2D eigenvalue weighted by Gasteiger charge is -2.17. The van der Waals surface area contributed by atoms with Crippen LogP contribution in [0.4, 0.5) is 0 Å². The van der Waals surface area contributed by atoms with Crippen molar-refractivity contribution in [3.63, 3.8) is 0 Å². The Labute approximate surface area is 127 Å². The smallest absolute Gasteiger partial charge is 0.289 e. The molecule has 4 atom stereocenters. The number of aromatic nitrogens is 1. The Morgan fingerprint density at radius 3 is 2.68 bits per heavy atom. The molecule has 5 heterocycles. The van der Waals surface area contributed by atoms with Gasteiger partial charge in [-0.2, -0.15) is 0 Å². The lowest BCUT2D eigenvalue weighted by atomic mass is 9.86. The monoisotopic (exact) mass is 296 g/mol. The first-order chi connectivity index (χ1) is 10.7. The van der Waals surface area contributed by atoms with Crippen LogP contribution in [0.5, 0.6) is 0 Å². The second-order valence-corrected chi connectivity index (χ2v) is 6.43. The highest BCUT2D eigenvalue weighted by atomic mass is 16.5. The third-order valence-corrected chi connectivity index (χ3v) is 5.07. The van der Waals surface area contributed by atoms with Gasteiger partial charge >= 0.3 is 0 Å². The number of ether oxygens (including phenoxy) is 1. The highest BCUT2D eigenvalue weighted by molar-refractivity contribution is 5.95. The van der Waals surface area contributed by atoms with Gasteiger partial charge in [-0.25, -0.2) is 4.98 Å². The predicted octanol–water partition coefficient (Wildman–Crippen LogP) is 2.16. The fourth-order valence-electron chi connectivity index (χ4n) is 3.98. The number of furan rings is 1. The number of carbonyl (C=O) groups excluding carboxylic acids is 1. The first-order valence-corrected chi connectivity index (χ1v) is 7.69. The number of hydrogen-bond acceptors (Lipinski definition) is 4. The summed E-state index contributed by atoms with van der Waals surface area (Å²) in [6.07, 6.45) is 4.64. The SMILES string of the molecule is Cc1ccc2oc(C(=O)N3CC4C5C=CC(O5)C4C3)cc2n1. The van der Waals surface area contributed by atoms with E-state index in [-0.39, 0.29) is 18.1 Å². The molecule has 0 spiro atoms.